The second-order valence-electron chi connectivity index (χ2n) is 7.63. The molecule has 31 heavy (non-hydrogen) atoms. The molecule has 0 bridgehead atoms. The lowest BCUT2D eigenvalue weighted by molar-refractivity contribution is -0.384. The van der Waals surface area contributed by atoms with Gasteiger partial charge in [0.2, 0.25) is 5.91 Å². The van der Waals surface area contributed by atoms with Crippen LogP contribution in [0.15, 0.2) is 42.5 Å². The van der Waals surface area contributed by atoms with Crippen molar-refractivity contribution in [1.82, 2.24) is 4.90 Å². The van der Waals surface area contributed by atoms with Crippen molar-refractivity contribution in [2.45, 2.75) is 12.8 Å². The summed E-state index contributed by atoms with van der Waals surface area (Å²) < 4.78 is 11.1. The van der Waals surface area contributed by atoms with Gasteiger partial charge in [0.15, 0.2) is 17.3 Å². The Balaban J connectivity index is 1.28. The average molecular weight is 425 g/mol. The van der Waals surface area contributed by atoms with E-state index in [1.165, 1.54) is 18.2 Å². The predicted octanol–water partition coefficient (Wildman–Crippen LogP) is 2.90. The van der Waals surface area contributed by atoms with Crippen LogP contribution < -0.4 is 14.8 Å². The van der Waals surface area contributed by atoms with E-state index in [-0.39, 0.29) is 29.8 Å². The maximum atomic E-state index is 12.9. The lowest BCUT2D eigenvalue weighted by Gasteiger charge is -2.30. The number of piperidine rings is 1. The zero-order valence-corrected chi connectivity index (χ0v) is 16.9. The number of Topliss-reactive ketones (excluding diaryl/α,β-unsaturated/α-hetero) is 1. The quantitative estimate of drug-likeness (QED) is 0.430. The average Bonchev–Trinajstić information content (AvgIpc) is 2.79. The highest BCUT2D eigenvalue weighted by Crippen LogP contribution is 2.32. The van der Waals surface area contributed by atoms with Gasteiger partial charge in [-0.3, -0.25) is 24.6 Å². The molecule has 2 heterocycles. The highest BCUT2D eigenvalue weighted by Gasteiger charge is 2.27. The van der Waals surface area contributed by atoms with E-state index in [9.17, 15) is 19.7 Å². The lowest BCUT2D eigenvalue weighted by Crippen LogP contribution is -2.40. The van der Waals surface area contributed by atoms with Gasteiger partial charge in [0.1, 0.15) is 13.2 Å². The van der Waals surface area contributed by atoms with Gasteiger partial charge in [-0.05, 0) is 50.2 Å². The summed E-state index contributed by atoms with van der Waals surface area (Å²) in [6, 6.07) is 11.1. The summed E-state index contributed by atoms with van der Waals surface area (Å²) in [5.41, 5.74) is 0.935. The molecule has 1 fully saturated rings. The van der Waals surface area contributed by atoms with Crippen LogP contribution in [-0.4, -0.2) is 54.4 Å². The predicted molar refractivity (Wildman–Crippen MR) is 113 cm³/mol. The molecule has 0 spiro atoms. The van der Waals surface area contributed by atoms with Gasteiger partial charge in [0, 0.05) is 29.3 Å². The topological polar surface area (TPSA) is 111 Å². The van der Waals surface area contributed by atoms with E-state index in [0.29, 0.717) is 61.9 Å². The Morgan fingerprint density at radius 1 is 1.06 bits per heavy atom. The molecule has 162 valence electrons. The van der Waals surface area contributed by atoms with E-state index in [2.05, 4.69) is 5.32 Å². The minimum Gasteiger partial charge on any atom is -0.486 e. The summed E-state index contributed by atoms with van der Waals surface area (Å²) in [4.78, 5) is 37.6. The summed E-state index contributed by atoms with van der Waals surface area (Å²) >= 11 is 0. The minimum atomic E-state index is -0.501. The number of carbonyl (C=O) groups is 2. The molecule has 0 atom stereocenters. The van der Waals surface area contributed by atoms with Crippen LogP contribution in [0.1, 0.15) is 23.2 Å². The Hall–Kier alpha value is -3.46. The monoisotopic (exact) mass is 425 g/mol. The van der Waals surface area contributed by atoms with E-state index in [0.717, 1.165) is 0 Å². The molecular weight excluding hydrogens is 402 g/mol. The fraction of sp³-hybridized carbons (Fsp3) is 0.364. The van der Waals surface area contributed by atoms with E-state index in [1.807, 2.05) is 4.90 Å². The van der Waals surface area contributed by atoms with Crippen LogP contribution in [0.4, 0.5) is 11.4 Å². The van der Waals surface area contributed by atoms with Crippen molar-refractivity contribution in [2.24, 2.45) is 5.92 Å². The molecule has 1 N–H and O–H groups in total. The summed E-state index contributed by atoms with van der Waals surface area (Å²) in [6.45, 7) is 2.41. The fourth-order valence-corrected chi connectivity index (χ4v) is 3.89. The van der Waals surface area contributed by atoms with Crippen molar-refractivity contribution >= 4 is 23.1 Å². The van der Waals surface area contributed by atoms with Crippen LogP contribution in [-0.2, 0) is 4.79 Å². The third kappa shape index (κ3) is 5.00. The Morgan fingerprint density at radius 3 is 2.55 bits per heavy atom. The summed E-state index contributed by atoms with van der Waals surface area (Å²) in [7, 11) is 0. The smallest absolute Gasteiger partial charge is 0.271 e. The fourth-order valence-electron chi connectivity index (χ4n) is 3.89. The van der Waals surface area contributed by atoms with Gasteiger partial charge in [-0.2, -0.15) is 0 Å². The van der Waals surface area contributed by atoms with Gasteiger partial charge in [0.25, 0.3) is 5.69 Å². The highest BCUT2D eigenvalue weighted by molar-refractivity contribution is 5.98. The maximum absolute atomic E-state index is 12.9. The van der Waals surface area contributed by atoms with Gasteiger partial charge < -0.3 is 14.8 Å². The number of likely N-dealkylation sites (tertiary alicyclic amines) is 1. The normalized spacial score (nSPS) is 16.5. The first-order valence-electron chi connectivity index (χ1n) is 10.2. The Labute approximate surface area is 179 Å². The summed E-state index contributed by atoms with van der Waals surface area (Å²) in [5.74, 6) is 1.01. The van der Waals surface area contributed by atoms with Crippen molar-refractivity contribution in [2.75, 3.05) is 38.2 Å². The van der Waals surface area contributed by atoms with E-state index < -0.39 is 4.92 Å². The third-order valence-electron chi connectivity index (χ3n) is 5.49. The minimum absolute atomic E-state index is 0.0729. The maximum Gasteiger partial charge on any atom is 0.271 e. The van der Waals surface area contributed by atoms with E-state index >= 15 is 0 Å². The molecule has 4 rings (SSSR count). The Bertz CT molecular complexity index is 1000. The number of hydrogen-bond acceptors (Lipinski definition) is 7. The number of nitrogens with zero attached hydrogens (tertiary/aromatic N) is 2. The summed E-state index contributed by atoms with van der Waals surface area (Å²) in [6.07, 6.45) is 1.33. The number of nitro groups is 1. The van der Waals surface area contributed by atoms with Gasteiger partial charge >= 0.3 is 0 Å². The summed E-state index contributed by atoms with van der Waals surface area (Å²) in [5, 5.41) is 13.6. The number of anilines is 1. The van der Waals surface area contributed by atoms with Crippen molar-refractivity contribution in [3.63, 3.8) is 0 Å². The van der Waals surface area contributed by atoms with Crippen LogP contribution in [0.3, 0.4) is 0 Å². The molecule has 0 unspecified atom stereocenters. The molecule has 2 aliphatic heterocycles. The number of rotatable bonds is 6. The molecule has 0 aliphatic carbocycles. The first kappa shape index (κ1) is 20.8. The van der Waals surface area contributed by atoms with Gasteiger partial charge in [0.05, 0.1) is 11.5 Å². The SMILES string of the molecule is O=C(CN1CCC(C(=O)c2ccc3c(c2)OCCO3)CC1)Nc1cccc([N+](=O)[O-])c1. The first-order valence-corrected chi connectivity index (χ1v) is 10.2. The molecule has 9 heteroatoms. The lowest BCUT2D eigenvalue weighted by atomic mass is 9.88. The Kier molecular flexibility index (Phi) is 6.13. The van der Waals surface area contributed by atoms with Crippen molar-refractivity contribution in [1.29, 1.82) is 0 Å². The number of non-ortho nitro benzene ring substituents is 1. The molecule has 2 aliphatic rings. The van der Waals surface area contributed by atoms with Crippen molar-refractivity contribution in [3.05, 3.63) is 58.1 Å². The molecule has 1 amide bonds. The molecule has 9 nitrogen and oxygen atoms in total. The number of benzene rings is 2. The number of amides is 1. The van der Waals surface area contributed by atoms with Crippen LogP contribution in [0, 0.1) is 16.0 Å². The number of fused-ring (bicyclic) bond motifs is 1. The Morgan fingerprint density at radius 2 is 1.81 bits per heavy atom. The first-order chi connectivity index (χ1) is 15.0. The molecule has 0 radical (unpaired) electrons. The van der Waals surface area contributed by atoms with Crippen molar-refractivity contribution in [3.8, 4) is 11.5 Å². The van der Waals surface area contributed by atoms with Crippen LogP contribution in [0.2, 0.25) is 0 Å². The van der Waals surface area contributed by atoms with Crippen LogP contribution in [0.5, 0.6) is 11.5 Å². The van der Waals surface area contributed by atoms with E-state index in [4.69, 9.17) is 9.47 Å². The number of ketones is 1. The molecule has 2 aromatic rings. The van der Waals surface area contributed by atoms with Gasteiger partial charge in [-0.1, -0.05) is 6.07 Å². The van der Waals surface area contributed by atoms with Gasteiger partial charge in [-0.25, -0.2) is 0 Å². The van der Waals surface area contributed by atoms with Gasteiger partial charge in [-0.15, -0.1) is 0 Å². The number of nitro benzene ring substituents is 1. The molecule has 1 saturated heterocycles. The van der Waals surface area contributed by atoms with Crippen LogP contribution in [0.25, 0.3) is 0 Å². The molecule has 2 aromatic carbocycles. The zero-order valence-electron chi connectivity index (χ0n) is 16.9. The third-order valence-corrected chi connectivity index (χ3v) is 5.49. The van der Waals surface area contributed by atoms with Crippen LogP contribution >= 0.6 is 0 Å². The second kappa shape index (κ2) is 9.13. The largest absolute Gasteiger partial charge is 0.486 e. The zero-order chi connectivity index (χ0) is 21.8. The molecular formula is C22H23N3O6. The highest BCUT2D eigenvalue weighted by atomic mass is 16.6. The molecule has 0 aromatic heterocycles. The number of nitrogens with one attached hydrogen (secondary N) is 1. The number of carbonyl (C=O) groups excluding carboxylic acids is 2. The number of ether oxygens (including phenoxy) is 2. The second-order valence-corrected chi connectivity index (χ2v) is 7.63. The van der Waals surface area contributed by atoms with Crippen molar-refractivity contribution < 1.29 is 24.0 Å². The van der Waals surface area contributed by atoms with E-state index in [1.54, 1.807) is 24.3 Å². The molecule has 0 saturated carbocycles. The standard InChI is InChI=1S/C22H23N3O6/c26-21(23-17-2-1-3-18(13-17)25(28)29)14-24-8-6-15(7-9-24)22(27)16-4-5-19-20(12-16)31-11-10-30-19/h1-5,12-13,15H,6-11,14H2,(H,23,26). The number of hydrogen-bond donors (Lipinski definition) is 1.